The highest BCUT2D eigenvalue weighted by atomic mass is 32.1. The molecule has 0 spiro atoms. The Kier molecular flexibility index (Phi) is 4.61. The molecule has 4 aromatic heterocycles. The van der Waals surface area contributed by atoms with Crippen LogP contribution in [0.1, 0.15) is 28.6 Å². The summed E-state index contributed by atoms with van der Waals surface area (Å²) in [5.74, 6) is 0.191. The third-order valence-corrected chi connectivity index (χ3v) is 7.51. The fourth-order valence-corrected chi connectivity index (χ4v) is 5.54. The van der Waals surface area contributed by atoms with Gasteiger partial charge < -0.3 is 14.5 Å². The highest BCUT2D eigenvalue weighted by Gasteiger charge is 2.35. The molecule has 158 valence electrons. The van der Waals surface area contributed by atoms with Gasteiger partial charge in [0.05, 0.1) is 16.6 Å². The summed E-state index contributed by atoms with van der Waals surface area (Å²) in [7, 11) is 0. The van der Waals surface area contributed by atoms with Crippen LogP contribution in [0.2, 0.25) is 0 Å². The number of hydrogen-bond acceptors (Lipinski definition) is 5. The molecular weight excluding hydrogens is 408 g/mol. The summed E-state index contributed by atoms with van der Waals surface area (Å²) in [6.45, 7) is 3.86. The minimum atomic E-state index is 0.191. The Balaban J connectivity index is 1.06. The minimum absolute atomic E-state index is 0.191. The Bertz CT molecular complexity index is 1200. The zero-order chi connectivity index (χ0) is 20.8. The number of fused-ring (bicyclic) bond motifs is 1. The molecule has 0 aromatic carbocycles. The molecule has 2 saturated heterocycles. The molecule has 0 aliphatic carbocycles. The van der Waals surface area contributed by atoms with Crippen molar-refractivity contribution in [1.29, 1.82) is 0 Å². The maximum Gasteiger partial charge on any atom is 0.263 e. The number of aromatic amines is 1. The first-order chi connectivity index (χ1) is 15.3. The molecule has 4 aromatic rings. The molecule has 0 atom stereocenters. The van der Waals surface area contributed by atoms with Gasteiger partial charge in [0.2, 0.25) is 0 Å². The lowest BCUT2D eigenvalue weighted by Gasteiger charge is -2.47. The summed E-state index contributed by atoms with van der Waals surface area (Å²) in [6.07, 6.45) is 10.0. The van der Waals surface area contributed by atoms with Crippen LogP contribution >= 0.6 is 11.3 Å². The summed E-state index contributed by atoms with van der Waals surface area (Å²) in [5, 5.41) is 3.03. The number of H-pyrrole nitrogens is 1. The number of nitrogens with zero attached hydrogens (tertiary/aromatic N) is 5. The van der Waals surface area contributed by atoms with E-state index in [0.717, 1.165) is 66.2 Å². The Morgan fingerprint density at radius 2 is 1.97 bits per heavy atom. The van der Waals surface area contributed by atoms with Crippen molar-refractivity contribution in [3.63, 3.8) is 0 Å². The lowest BCUT2D eigenvalue weighted by Crippen LogP contribution is -2.55. The van der Waals surface area contributed by atoms with Crippen LogP contribution in [0.25, 0.3) is 22.3 Å². The van der Waals surface area contributed by atoms with Gasteiger partial charge in [-0.05, 0) is 36.4 Å². The molecule has 1 N–H and O–H groups in total. The summed E-state index contributed by atoms with van der Waals surface area (Å²) in [4.78, 5) is 29.9. The normalized spacial score (nSPS) is 18.5. The van der Waals surface area contributed by atoms with Gasteiger partial charge in [0.1, 0.15) is 12.0 Å². The topological polar surface area (TPSA) is 70.1 Å². The lowest BCUT2D eigenvalue weighted by molar-refractivity contribution is 0.0236. The van der Waals surface area contributed by atoms with E-state index in [1.54, 1.807) is 6.33 Å². The molecule has 2 aliphatic heterocycles. The molecule has 8 heteroatoms. The van der Waals surface area contributed by atoms with Crippen LogP contribution in [0.4, 0.5) is 0 Å². The highest BCUT2D eigenvalue weighted by Crippen LogP contribution is 2.31. The second-order valence-corrected chi connectivity index (χ2v) is 9.37. The van der Waals surface area contributed by atoms with Gasteiger partial charge in [0, 0.05) is 61.8 Å². The zero-order valence-electron chi connectivity index (χ0n) is 17.1. The Labute approximate surface area is 184 Å². The maximum absolute atomic E-state index is 12.6. The molecule has 6 rings (SSSR count). The number of likely N-dealkylation sites (tertiary alicyclic amines) is 2. The van der Waals surface area contributed by atoms with Crippen molar-refractivity contribution in [1.82, 2.24) is 29.3 Å². The number of amides is 1. The van der Waals surface area contributed by atoms with Gasteiger partial charge in [-0.15, -0.1) is 11.3 Å². The second kappa shape index (κ2) is 7.62. The first-order valence-electron chi connectivity index (χ1n) is 10.8. The van der Waals surface area contributed by atoms with Gasteiger partial charge in [0.25, 0.3) is 5.91 Å². The number of piperidine rings is 1. The van der Waals surface area contributed by atoms with E-state index in [1.165, 1.54) is 11.3 Å². The standard InChI is InChI=1S/C23H24N6OS/c30-23(20-2-1-11-31-20)27-9-5-17(6-10-27)29-13-18(14-29)28-8-4-16(12-28)21-19-3-7-24-22(19)26-15-25-21/h1-4,7-8,11-12,15,17-18H,5-6,9-10,13-14H2,(H,24,25,26). The first kappa shape index (κ1) is 18.8. The van der Waals surface area contributed by atoms with E-state index < -0.39 is 0 Å². The van der Waals surface area contributed by atoms with Crippen LogP contribution in [-0.2, 0) is 0 Å². The quantitative estimate of drug-likeness (QED) is 0.534. The van der Waals surface area contributed by atoms with Crippen LogP contribution in [0.3, 0.4) is 0 Å². The second-order valence-electron chi connectivity index (χ2n) is 8.42. The van der Waals surface area contributed by atoms with Gasteiger partial charge in [-0.25, -0.2) is 9.97 Å². The van der Waals surface area contributed by atoms with Crippen LogP contribution in [0.5, 0.6) is 0 Å². The Hall–Kier alpha value is -2.97. The van der Waals surface area contributed by atoms with Crippen molar-refractivity contribution >= 4 is 28.3 Å². The average Bonchev–Trinajstić information content (AvgIpc) is 3.54. The summed E-state index contributed by atoms with van der Waals surface area (Å²) in [6, 6.07) is 9.13. The van der Waals surface area contributed by atoms with E-state index in [0.29, 0.717) is 12.1 Å². The fraction of sp³-hybridized carbons (Fsp3) is 0.348. The van der Waals surface area contributed by atoms with Crippen LogP contribution in [0.15, 0.2) is 54.6 Å². The molecule has 2 aliphatic rings. The molecule has 1 amide bonds. The van der Waals surface area contributed by atoms with Gasteiger partial charge >= 0.3 is 0 Å². The molecule has 7 nitrogen and oxygen atoms in total. The third-order valence-electron chi connectivity index (χ3n) is 6.65. The van der Waals surface area contributed by atoms with Crippen molar-refractivity contribution in [3.8, 4) is 11.3 Å². The van der Waals surface area contributed by atoms with Gasteiger partial charge in [-0.3, -0.25) is 9.69 Å². The van der Waals surface area contributed by atoms with Crippen LogP contribution < -0.4 is 0 Å². The summed E-state index contributed by atoms with van der Waals surface area (Å²) in [5.41, 5.74) is 2.98. The Morgan fingerprint density at radius 1 is 1.10 bits per heavy atom. The van der Waals surface area contributed by atoms with E-state index in [4.69, 9.17) is 0 Å². The number of rotatable bonds is 4. The van der Waals surface area contributed by atoms with E-state index in [-0.39, 0.29) is 5.91 Å². The number of thiophene rings is 1. The molecule has 0 saturated carbocycles. The van der Waals surface area contributed by atoms with Gasteiger partial charge in [0.15, 0.2) is 0 Å². The monoisotopic (exact) mass is 432 g/mol. The molecule has 0 unspecified atom stereocenters. The molecule has 2 fully saturated rings. The van der Waals surface area contributed by atoms with E-state index in [9.17, 15) is 4.79 Å². The maximum atomic E-state index is 12.6. The molecule has 0 radical (unpaired) electrons. The van der Waals surface area contributed by atoms with Crippen molar-refractivity contribution in [2.75, 3.05) is 26.2 Å². The largest absolute Gasteiger partial charge is 0.348 e. The molecular formula is C23H24N6OS. The van der Waals surface area contributed by atoms with Crippen molar-refractivity contribution in [2.45, 2.75) is 24.9 Å². The van der Waals surface area contributed by atoms with E-state index in [1.807, 2.05) is 34.7 Å². The van der Waals surface area contributed by atoms with Crippen LogP contribution in [-0.4, -0.2) is 67.4 Å². The summed E-state index contributed by atoms with van der Waals surface area (Å²) < 4.78 is 2.32. The number of hydrogen-bond donors (Lipinski definition) is 1. The highest BCUT2D eigenvalue weighted by molar-refractivity contribution is 7.12. The number of nitrogens with one attached hydrogen (secondary N) is 1. The molecule has 31 heavy (non-hydrogen) atoms. The average molecular weight is 433 g/mol. The SMILES string of the molecule is O=C(c1cccs1)N1CCC(N2CC(n3ccc(-c4ncnc5[nH]ccc45)c3)C2)CC1. The van der Waals surface area contributed by atoms with Gasteiger partial charge in [-0.2, -0.15) is 0 Å². The molecule has 6 heterocycles. The minimum Gasteiger partial charge on any atom is -0.348 e. The van der Waals surface area contributed by atoms with Crippen molar-refractivity contribution in [3.05, 3.63) is 59.4 Å². The zero-order valence-corrected chi connectivity index (χ0v) is 18.0. The van der Waals surface area contributed by atoms with Gasteiger partial charge in [-0.1, -0.05) is 6.07 Å². The Morgan fingerprint density at radius 3 is 2.77 bits per heavy atom. The first-order valence-corrected chi connectivity index (χ1v) is 11.7. The predicted molar refractivity (Wildman–Crippen MR) is 121 cm³/mol. The van der Waals surface area contributed by atoms with Crippen molar-refractivity contribution < 1.29 is 4.79 Å². The third kappa shape index (κ3) is 3.36. The lowest BCUT2D eigenvalue weighted by atomic mass is 9.97. The van der Waals surface area contributed by atoms with E-state index in [2.05, 4.69) is 42.9 Å². The van der Waals surface area contributed by atoms with Crippen molar-refractivity contribution in [2.24, 2.45) is 0 Å². The van der Waals surface area contributed by atoms with E-state index >= 15 is 0 Å². The smallest absolute Gasteiger partial charge is 0.263 e. The number of aromatic nitrogens is 4. The number of carbonyl (C=O) groups is 1. The molecule has 0 bridgehead atoms. The van der Waals surface area contributed by atoms with Crippen LogP contribution in [0, 0.1) is 0 Å². The summed E-state index contributed by atoms with van der Waals surface area (Å²) >= 11 is 1.53. The predicted octanol–water partition coefficient (Wildman–Crippen LogP) is 3.65. The fourth-order valence-electron chi connectivity index (χ4n) is 4.85. The number of carbonyl (C=O) groups excluding carboxylic acids is 1.